The van der Waals surface area contributed by atoms with E-state index in [1.807, 2.05) is 0 Å². The number of rotatable bonds is 0. The van der Waals surface area contributed by atoms with E-state index in [0.717, 1.165) is 12.2 Å². The average molecular weight is 138 g/mol. The summed E-state index contributed by atoms with van der Waals surface area (Å²) in [6, 6.07) is 0. The van der Waals surface area contributed by atoms with Crippen molar-refractivity contribution in [1.82, 2.24) is 0 Å². The Morgan fingerprint density at radius 3 is 1.50 bits per heavy atom. The fraction of sp³-hybridized carbons (Fsp3) is 0. The summed E-state index contributed by atoms with van der Waals surface area (Å²) in [7, 11) is 0. The second kappa shape index (κ2) is 1.98. The van der Waals surface area contributed by atoms with Gasteiger partial charge in [-0.3, -0.25) is 9.59 Å². The Labute approximate surface area is 57.2 Å². The summed E-state index contributed by atoms with van der Waals surface area (Å²) in [4.78, 5) is 21.3. The number of hydrogen-bond acceptors (Lipinski definition) is 4. The summed E-state index contributed by atoms with van der Waals surface area (Å²) in [5.41, 5.74) is 10.1. The molecule has 0 saturated carbocycles. The van der Waals surface area contributed by atoms with Crippen LogP contribution in [-0.4, -0.2) is 11.6 Å². The van der Waals surface area contributed by atoms with Crippen LogP contribution in [0, 0.1) is 0 Å². The molecular formula is C6H6N2O2. The van der Waals surface area contributed by atoms with Gasteiger partial charge in [-0.1, -0.05) is 0 Å². The van der Waals surface area contributed by atoms with E-state index in [2.05, 4.69) is 0 Å². The third kappa shape index (κ3) is 0.907. The summed E-state index contributed by atoms with van der Waals surface area (Å²) in [6.07, 6.45) is 2.05. The highest BCUT2D eigenvalue weighted by atomic mass is 16.1. The second-order valence-electron chi connectivity index (χ2n) is 1.93. The zero-order valence-electron chi connectivity index (χ0n) is 5.13. The smallest absolute Gasteiger partial charge is 0.203 e. The Kier molecular flexibility index (Phi) is 1.30. The first-order chi connectivity index (χ1) is 4.61. The van der Waals surface area contributed by atoms with E-state index in [0.29, 0.717) is 0 Å². The van der Waals surface area contributed by atoms with Crippen molar-refractivity contribution in [3.63, 3.8) is 0 Å². The molecule has 4 heteroatoms. The third-order valence-electron chi connectivity index (χ3n) is 1.14. The number of nitrogens with two attached hydrogens (primary N) is 2. The zero-order valence-corrected chi connectivity index (χ0v) is 5.13. The molecule has 0 aromatic heterocycles. The summed E-state index contributed by atoms with van der Waals surface area (Å²) in [6.45, 7) is 0. The lowest BCUT2D eigenvalue weighted by molar-refractivity contribution is -0.115. The minimum atomic E-state index is -0.405. The summed E-state index contributed by atoms with van der Waals surface area (Å²) in [5.74, 6) is -0.811. The van der Waals surface area contributed by atoms with Gasteiger partial charge in [-0.05, 0) is 0 Å². The maximum atomic E-state index is 10.6. The fourth-order valence-electron chi connectivity index (χ4n) is 0.591. The predicted octanol–water partition coefficient (Wildman–Crippen LogP) is -1.18. The van der Waals surface area contributed by atoms with Crippen molar-refractivity contribution in [2.24, 2.45) is 11.5 Å². The molecular weight excluding hydrogens is 132 g/mol. The highest BCUT2D eigenvalue weighted by Gasteiger charge is 2.14. The van der Waals surface area contributed by atoms with Gasteiger partial charge in [0.25, 0.3) is 0 Å². The van der Waals surface area contributed by atoms with E-state index in [1.54, 1.807) is 0 Å². The normalized spacial score (nSPS) is 18.4. The Balaban J connectivity index is 3.03. The first-order valence-electron chi connectivity index (χ1n) is 2.64. The molecule has 1 aliphatic rings. The predicted molar refractivity (Wildman–Crippen MR) is 34.6 cm³/mol. The molecule has 52 valence electrons. The van der Waals surface area contributed by atoms with Gasteiger partial charge in [0.1, 0.15) is 0 Å². The van der Waals surface area contributed by atoms with E-state index in [4.69, 9.17) is 11.5 Å². The molecule has 1 rings (SSSR count). The SMILES string of the molecule is NC1=CC(=O)C(N)=CC1=O. The lowest BCUT2D eigenvalue weighted by Crippen LogP contribution is -2.21. The molecule has 0 aromatic rings. The molecule has 0 aliphatic heterocycles. The second-order valence-corrected chi connectivity index (χ2v) is 1.93. The minimum absolute atomic E-state index is 0.0563. The maximum absolute atomic E-state index is 10.6. The Hall–Kier alpha value is -1.58. The van der Waals surface area contributed by atoms with Gasteiger partial charge in [-0.25, -0.2) is 0 Å². The fourth-order valence-corrected chi connectivity index (χ4v) is 0.591. The Bertz CT molecular complexity index is 235. The monoisotopic (exact) mass is 138 g/mol. The quantitative estimate of drug-likeness (QED) is 0.413. The van der Waals surface area contributed by atoms with E-state index >= 15 is 0 Å². The van der Waals surface area contributed by atoms with Crippen molar-refractivity contribution in [1.29, 1.82) is 0 Å². The van der Waals surface area contributed by atoms with E-state index < -0.39 is 11.6 Å². The van der Waals surface area contributed by atoms with Gasteiger partial charge < -0.3 is 11.5 Å². The van der Waals surface area contributed by atoms with Crippen molar-refractivity contribution in [3.05, 3.63) is 23.5 Å². The first-order valence-corrected chi connectivity index (χ1v) is 2.64. The van der Waals surface area contributed by atoms with Crippen LogP contribution in [0.15, 0.2) is 23.5 Å². The molecule has 0 amide bonds. The molecule has 4 nitrogen and oxygen atoms in total. The van der Waals surface area contributed by atoms with Gasteiger partial charge in [0.2, 0.25) is 11.6 Å². The summed E-state index contributed by atoms with van der Waals surface area (Å²) in [5, 5.41) is 0. The molecule has 0 saturated heterocycles. The molecule has 0 unspecified atom stereocenters. The lowest BCUT2D eigenvalue weighted by Gasteiger charge is -2.02. The average Bonchev–Trinajstić information content (AvgIpc) is 1.84. The molecule has 0 fully saturated rings. The molecule has 0 bridgehead atoms. The molecule has 0 spiro atoms. The maximum Gasteiger partial charge on any atom is 0.203 e. The van der Waals surface area contributed by atoms with Gasteiger partial charge in [-0.2, -0.15) is 0 Å². The Morgan fingerprint density at radius 1 is 0.900 bits per heavy atom. The standard InChI is InChI=1S/C6H6N2O2/c7-3-1-5(9)4(8)2-6(3)10/h1-2H,7-8H2. The van der Waals surface area contributed by atoms with Gasteiger partial charge in [0, 0.05) is 12.2 Å². The van der Waals surface area contributed by atoms with E-state index in [9.17, 15) is 9.59 Å². The first kappa shape index (κ1) is 6.54. The number of allylic oxidation sites excluding steroid dienone is 2. The third-order valence-corrected chi connectivity index (χ3v) is 1.14. The van der Waals surface area contributed by atoms with Crippen molar-refractivity contribution < 1.29 is 9.59 Å². The van der Waals surface area contributed by atoms with Crippen LogP contribution in [0.1, 0.15) is 0 Å². The van der Waals surface area contributed by atoms with Crippen molar-refractivity contribution in [3.8, 4) is 0 Å². The Morgan fingerprint density at radius 2 is 1.20 bits per heavy atom. The minimum Gasteiger partial charge on any atom is -0.395 e. The highest BCUT2D eigenvalue weighted by Crippen LogP contribution is 2.02. The summed E-state index contributed by atoms with van der Waals surface area (Å²) < 4.78 is 0. The highest BCUT2D eigenvalue weighted by molar-refractivity contribution is 6.19. The van der Waals surface area contributed by atoms with Crippen LogP contribution in [0.5, 0.6) is 0 Å². The topological polar surface area (TPSA) is 86.2 Å². The van der Waals surface area contributed by atoms with Gasteiger partial charge in [0.15, 0.2) is 0 Å². The molecule has 0 radical (unpaired) electrons. The number of carbonyl (C=O) groups excluding carboxylic acids is 2. The van der Waals surface area contributed by atoms with Crippen molar-refractivity contribution in [2.75, 3.05) is 0 Å². The lowest BCUT2D eigenvalue weighted by atomic mass is 10.1. The largest absolute Gasteiger partial charge is 0.395 e. The van der Waals surface area contributed by atoms with Gasteiger partial charge in [0.05, 0.1) is 11.4 Å². The van der Waals surface area contributed by atoms with Crippen LogP contribution in [0.2, 0.25) is 0 Å². The van der Waals surface area contributed by atoms with Crippen molar-refractivity contribution in [2.45, 2.75) is 0 Å². The van der Waals surface area contributed by atoms with Crippen LogP contribution in [-0.2, 0) is 9.59 Å². The van der Waals surface area contributed by atoms with Crippen LogP contribution >= 0.6 is 0 Å². The molecule has 4 N–H and O–H groups in total. The van der Waals surface area contributed by atoms with Crippen LogP contribution in [0.25, 0.3) is 0 Å². The van der Waals surface area contributed by atoms with Gasteiger partial charge in [-0.15, -0.1) is 0 Å². The van der Waals surface area contributed by atoms with Crippen LogP contribution < -0.4 is 11.5 Å². The number of hydrogen-bond donors (Lipinski definition) is 2. The van der Waals surface area contributed by atoms with E-state index in [1.165, 1.54) is 0 Å². The molecule has 1 aliphatic carbocycles. The van der Waals surface area contributed by atoms with E-state index in [-0.39, 0.29) is 11.4 Å². The van der Waals surface area contributed by atoms with Gasteiger partial charge >= 0.3 is 0 Å². The van der Waals surface area contributed by atoms with Crippen molar-refractivity contribution >= 4 is 11.6 Å². The van der Waals surface area contributed by atoms with Crippen LogP contribution in [0.4, 0.5) is 0 Å². The van der Waals surface area contributed by atoms with Crippen LogP contribution in [0.3, 0.4) is 0 Å². The number of ketones is 2. The molecule has 10 heavy (non-hydrogen) atoms. The molecule has 0 aromatic carbocycles. The molecule has 0 atom stereocenters. The molecule has 0 heterocycles. The zero-order chi connectivity index (χ0) is 7.72. The number of carbonyl (C=O) groups is 2. The summed E-state index contributed by atoms with van der Waals surface area (Å²) >= 11 is 0.